The second-order valence-electron chi connectivity index (χ2n) is 16.7. The summed E-state index contributed by atoms with van der Waals surface area (Å²) in [5.74, 6) is 1.34. The number of aromatic nitrogens is 4. The van der Waals surface area contributed by atoms with Crippen LogP contribution in [0.1, 0.15) is 95.2 Å². The van der Waals surface area contributed by atoms with Gasteiger partial charge in [-0.1, -0.05) is 50.2 Å². The average Bonchev–Trinajstić information content (AvgIpc) is 4.01. The SMILES string of the molecule is COC(=O)NC(C(=O)N1CCCC1c1ncc(-c2ccc3c(c2)CCc2cc(-c4ccc5nc(C6CCCN6C(=O)OC(C)(C)C)[nH]c5c4)ccc2-3)[nH]1)C(C)C. The smallest absolute Gasteiger partial charge is 0.410 e. The molecule has 4 heterocycles. The first-order valence-electron chi connectivity index (χ1n) is 19.8. The van der Waals surface area contributed by atoms with E-state index >= 15 is 0 Å². The van der Waals surface area contributed by atoms with Crippen LogP contribution in [-0.2, 0) is 27.1 Å². The number of nitrogens with zero attached hydrogens (tertiary/aromatic N) is 4. The van der Waals surface area contributed by atoms with Gasteiger partial charge in [0.1, 0.15) is 23.3 Å². The molecule has 292 valence electrons. The third kappa shape index (κ3) is 7.24. The maximum absolute atomic E-state index is 13.6. The van der Waals surface area contributed by atoms with Crippen molar-refractivity contribution in [3.8, 4) is 33.5 Å². The number of H-pyrrole nitrogens is 2. The highest BCUT2D eigenvalue weighted by molar-refractivity contribution is 5.87. The topological polar surface area (TPSA) is 146 Å². The summed E-state index contributed by atoms with van der Waals surface area (Å²) in [7, 11) is 1.30. The molecular formula is C44H51N7O5. The van der Waals surface area contributed by atoms with E-state index < -0.39 is 17.7 Å². The maximum Gasteiger partial charge on any atom is 0.410 e. The van der Waals surface area contributed by atoms with Crippen LogP contribution in [0, 0.1) is 5.92 Å². The lowest BCUT2D eigenvalue weighted by Crippen LogP contribution is -2.51. The van der Waals surface area contributed by atoms with Crippen LogP contribution in [0.25, 0.3) is 44.5 Å². The van der Waals surface area contributed by atoms with Gasteiger partial charge in [-0.15, -0.1) is 0 Å². The normalized spacial score (nSPS) is 18.6. The molecule has 12 heteroatoms. The molecule has 3 N–H and O–H groups in total. The quantitative estimate of drug-likeness (QED) is 0.151. The number of carbonyl (C=O) groups excluding carboxylic acids is 3. The van der Waals surface area contributed by atoms with E-state index in [1.54, 1.807) is 4.90 Å². The van der Waals surface area contributed by atoms with E-state index in [0.717, 1.165) is 83.6 Å². The molecule has 2 saturated heterocycles. The van der Waals surface area contributed by atoms with Crippen LogP contribution in [0.5, 0.6) is 0 Å². The largest absolute Gasteiger partial charge is 0.453 e. The molecule has 3 aromatic carbocycles. The fourth-order valence-electron chi connectivity index (χ4n) is 8.55. The number of fused-ring (bicyclic) bond motifs is 4. The van der Waals surface area contributed by atoms with Gasteiger partial charge >= 0.3 is 12.2 Å². The van der Waals surface area contributed by atoms with Crippen molar-refractivity contribution in [2.45, 2.75) is 96.9 Å². The van der Waals surface area contributed by atoms with E-state index in [1.165, 1.54) is 29.4 Å². The highest BCUT2D eigenvalue weighted by atomic mass is 16.6. The second kappa shape index (κ2) is 14.8. The standard InChI is InChI=1S/C44H51N7O5/c1-25(2)38(49-42(53)55-6)41(52)50-19-7-9-36(50)39-45-24-35(48-39)30-14-17-32-29(22-30)12-11-28-21-26(13-16-31(28)32)27-15-18-33-34(23-27)47-40(46-33)37-10-8-20-51(37)43(54)56-44(3,4)5/h13-18,21-25,36-38H,7-12,19-20H2,1-6H3,(H,45,48)(H,46,47)(H,49,53). The lowest BCUT2D eigenvalue weighted by atomic mass is 9.83. The Hall–Kier alpha value is -5.65. The summed E-state index contributed by atoms with van der Waals surface area (Å²) in [5, 5.41) is 2.72. The molecule has 0 radical (unpaired) electrons. The minimum Gasteiger partial charge on any atom is -0.453 e. The molecule has 8 rings (SSSR count). The van der Waals surface area contributed by atoms with Gasteiger partial charge in [-0.3, -0.25) is 9.69 Å². The van der Waals surface area contributed by atoms with E-state index in [1.807, 2.05) is 45.7 Å². The summed E-state index contributed by atoms with van der Waals surface area (Å²) in [6.07, 6.45) is 6.24. The minimum atomic E-state index is -0.674. The number of ether oxygens (including phenoxy) is 2. The summed E-state index contributed by atoms with van der Waals surface area (Å²) in [6.45, 7) is 10.8. The molecule has 3 unspecified atom stereocenters. The van der Waals surface area contributed by atoms with Gasteiger partial charge in [0.25, 0.3) is 0 Å². The number of benzene rings is 3. The molecule has 12 nitrogen and oxygen atoms in total. The number of likely N-dealkylation sites (tertiary alicyclic amines) is 2. The number of aryl methyl sites for hydroxylation is 2. The molecule has 2 fully saturated rings. The molecular weight excluding hydrogens is 707 g/mol. The van der Waals surface area contributed by atoms with Gasteiger partial charge in [0.05, 0.1) is 42.1 Å². The van der Waals surface area contributed by atoms with Crippen molar-refractivity contribution in [1.82, 2.24) is 35.1 Å². The first kappa shape index (κ1) is 37.3. The van der Waals surface area contributed by atoms with E-state index in [4.69, 9.17) is 19.4 Å². The van der Waals surface area contributed by atoms with Crippen LogP contribution in [0.15, 0.2) is 60.8 Å². The van der Waals surface area contributed by atoms with Crippen molar-refractivity contribution < 1.29 is 23.9 Å². The molecule has 3 amide bonds. The molecule has 0 bridgehead atoms. The Morgan fingerprint density at radius 2 is 1.45 bits per heavy atom. The molecule has 3 aliphatic rings. The Bertz CT molecular complexity index is 2300. The van der Waals surface area contributed by atoms with Crippen molar-refractivity contribution >= 4 is 29.1 Å². The Labute approximate surface area is 327 Å². The van der Waals surface area contributed by atoms with Crippen LogP contribution in [-0.4, -0.2) is 79.7 Å². The first-order chi connectivity index (χ1) is 26.9. The van der Waals surface area contributed by atoms with Crippen molar-refractivity contribution in [3.63, 3.8) is 0 Å². The van der Waals surface area contributed by atoms with Crippen molar-refractivity contribution in [2.75, 3.05) is 20.2 Å². The van der Waals surface area contributed by atoms with E-state index in [-0.39, 0.29) is 30.0 Å². The summed E-state index contributed by atoms with van der Waals surface area (Å²) < 4.78 is 10.5. The fourth-order valence-corrected chi connectivity index (χ4v) is 8.55. The highest BCUT2D eigenvalue weighted by Crippen LogP contribution is 2.40. The number of hydrogen-bond donors (Lipinski definition) is 3. The third-order valence-electron chi connectivity index (χ3n) is 11.3. The van der Waals surface area contributed by atoms with E-state index in [9.17, 15) is 14.4 Å². The summed E-state index contributed by atoms with van der Waals surface area (Å²) in [4.78, 5) is 58.9. The van der Waals surface area contributed by atoms with Gasteiger partial charge in [-0.25, -0.2) is 19.6 Å². The van der Waals surface area contributed by atoms with Gasteiger partial charge in [-0.2, -0.15) is 0 Å². The van der Waals surface area contributed by atoms with Crippen LogP contribution in [0.3, 0.4) is 0 Å². The lowest BCUT2D eigenvalue weighted by molar-refractivity contribution is -0.135. The molecule has 2 aromatic heterocycles. The van der Waals surface area contributed by atoms with Gasteiger partial charge in [0, 0.05) is 13.1 Å². The Kier molecular flexibility index (Phi) is 9.84. The van der Waals surface area contributed by atoms with Gasteiger partial charge in [0.15, 0.2) is 0 Å². The summed E-state index contributed by atoms with van der Waals surface area (Å²) in [6, 6.07) is 18.7. The Balaban J connectivity index is 0.984. The number of methoxy groups -OCH3 is 1. The van der Waals surface area contributed by atoms with Gasteiger partial charge in [0.2, 0.25) is 5.91 Å². The number of hydrogen-bond acceptors (Lipinski definition) is 7. The number of amides is 3. The van der Waals surface area contributed by atoms with Crippen molar-refractivity contribution in [3.05, 3.63) is 83.6 Å². The second-order valence-corrected chi connectivity index (χ2v) is 16.7. The molecule has 0 saturated carbocycles. The van der Waals surface area contributed by atoms with E-state index in [0.29, 0.717) is 13.1 Å². The van der Waals surface area contributed by atoms with Gasteiger partial charge < -0.3 is 29.7 Å². The number of rotatable bonds is 7. The van der Waals surface area contributed by atoms with Gasteiger partial charge in [-0.05, 0) is 122 Å². The monoisotopic (exact) mass is 757 g/mol. The molecule has 56 heavy (non-hydrogen) atoms. The van der Waals surface area contributed by atoms with Crippen molar-refractivity contribution in [1.29, 1.82) is 0 Å². The van der Waals surface area contributed by atoms with Crippen LogP contribution in [0.4, 0.5) is 9.59 Å². The molecule has 2 aliphatic heterocycles. The number of aromatic amines is 2. The van der Waals surface area contributed by atoms with Crippen LogP contribution >= 0.6 is 0 Å². The molecule has 3 atom stereocenters. The fraction of sp³-hybridized carbons (Fsp3) is 0.432. The average molecular weight is 758 g/mol. The number of carbonyl (C=O) groups is 3. The summed E-state index contributed by atoms with van der Waals surface area (Å²) >= 11 is 0. The Morgan fingerprint density at radius 1 is 0.821 bits per heavy atom. The maximum atomic E-state index is 13.6. The molecule has 5 aromatic rings. The summed E-state index contributed by atoms with van der Waals surface area (Å²) in [5.41, 5.74) is 10.6. The zero-order chi connectivity index (χ0) is 39.3. The predicted octanol–water partition coefficient (Wildman–Crippen LogP) is 8.50. The lowest BCUT2D eigenvalue weighted by Gasteiger charge is -2.30. The zero-order valence-electron chi connectivity index (χ0n) is 33.1. The molecule has 0 spiro atoms. The number of nitrogens with one attached hydrogen (secondary N) is 3. The predicted molar refractivity (Wildman–Crippen MR) is 215 cm³/mol. The minimum absolute atomic E-state index is 0.0925. The molecule has 1 aliphatic carbocycles. The van der Waals surface area contributed by atoms with Crippen LogP contribution in [0.2, 0.25) is 0 Å². The highest BCUT2D eigenvalue weighted by Gasteiger charge is 2.38. The number of alkyl carbamates (subject to hydrolysis) is 1. The van der Waals surface area contributed by atoms with E-state index in [2.05, 4.69) is 69.9 Å². The zero-order valence-corrected chi connectivity index (χ0v) is 33.1. The van der Waals surface area contributed by atoms with Crippen molar-refractivity contribution in [2.24, 2.45) is 5.92 Å². The Morgan fingerprint density at radius 3 is 2.12 bits per heavy atom. The number of imidazole rings is 2. The first-order valence-corrected chi connectivity index (χ1v) is 19.8. The third-order valence-corrected chi connectivity index (χ3v) is 11.3. The van der Waals surface area contributed by atoms with Crippen LogP contribution < -0.4 is 5.32 Å².